The summed E-state index contributed by atoms with van der Waals surface area (Å²) in [5.41, 5.74) is 3.23. The Labute approximate surface area is 192 Å². The van der Waals surface area contributed by atoms with E-state index in [1.54, 1.807) is 0 Å². The maximum absolute atomic E-state index is 12.6. The number of rotatable bonds is 8. The van der Waals surface area contributed by atoms with Gasteiger partial charge < -0.3 is 14.6 Å². The molecule has 32 heavy (non-hydrogen) atoms. The molecule has 6 nitrogen and oxygen atoms in total. The zero-order valence-electron chi connectivity index (χ0n) is 19.7. The predicted molar refractivity (Wildman–Crippen MR) is 127 cm³/mol. The minimum Gasteiger partial charge on any atom is -0.441 e. The lowest BCUT2D eigenvalue weighted by Crippen LogP contribution is -2.41. The van der Waals surface area contributed by atoms with Crippen molar-refractivity contribution in [2.24, 2.45) is 5.92 Å². The molecule has 0 aliphatic carbocycles. The van der Waals surface area contributed by atoms with Gasteiger partial charge in [-0.2, -0.15) is 0 Å². The van der Waals surface area contributed by atoms with E-state index in [9.17, 15) is 4.79 Å². The molecule has 2 aliphatic rings. The van der Waals surface area contributed by atoms with Crippen LogP contribution in [-0.4, -0.2) is 60.0 Å². The summed E-state index contributed by atoms with van der Waals surface area (Å²) in [5, 5.41) is 3.18. The van der Waals surface area contributed by atoms with Crippen LogP contribution in [0.5, 0.6) is 0 Å². The lowest BCUT2D eigenvalue weighted by atomic mass is 9.95. The van der Waals surface area contributed by atoms with Gasteiger partial charge in [0.05, 0.1) is 5.69 Å². The van der Waals surface area contributed by atoms with Gasteiger partial charge in [-0.1, -0.05) is 24.6 Å². The van der Waals surface area contributed by atoms with Crippen LogP contribution >= 0.6 is 0 Å². The molecule has 6 heteroatoms. The van der Waals surface area contributed by atoms with E-state index in [4.69, 9.17) is 9.40 Å². The average Bonchev–Trinajstić information content (AvgIpc) is 3.18. The number of nitrogens with zero attached hydrogens (tertiary/aromatic N) is 3. The van der Waals surface area contributed by atoms with Crippen LogP contribution in [0.2, 0.25) is 0 Å². The van der Waals surface area contributed by atoms with E-state index in [-0.39, 0.29) is 11.8 Å². The van der Waals surface area contributed by atoms with E-state index in [1.807, 2.05) is 19.1 Å². The van der Waals surface area contributed by atoms with Gasteiger partial charge in [0, 0.05) is 24.6 Å². The number of likely N-dealkylation sites (tertiary alicyclic amines) is 2. The molecule has 0 saturated carbocycles. The number of carbonyl (C=O) groups excluding carboxylic acids is 1. The summed E-state index contributed by atoms with van der Waals surface area (Å²) >= 11 is 0. The quantitative estimate of drug-likeness (QED) is 0.627. The zero-order chi connectivity index (χ0) is 22.3. The molecule has 0 radical (unpaired) electrons. The predicted octanol–water partition coefficient (Wildman–Crippen LogP) is 4.16. The average molecular weight is 439 g/mol. The molecule has 1 amide bonds. The van der Waals surface area contributed by atoms with Crippen molar-refractivity contribution in [3.8, 4) is 11.5 Å². The highest BCUT2D eigenvalue weighted by Gasteiger charge is 2.26. The normalized spacial score (nSPS) is 18.7. The van der Waals surface area contributed by atoms with E-state index >= 15 is 0 Å². The summed E-state index contributed by atoms with van der Waals surface area (Å²) in [5.74, 6) is 1.97. The maximum atomic E-state index is 12.6. The molecule has 0 atom stereocenters. The summed E-state index contributed by atoms with van der Waals surface area (Å²) in [6, 6.07) is 8.19. The van der Waals surface area contributed by atoms with E-state index < -0.39 is 0 Å². The molecule has 0 unspecified atom stereocenters. The first-order chi connectivity index (χ1) is 15.6. The summed E-state index contributed by atoms with van der Waals surface area (Å²) in [4.78, 5) is 22.3. The molecule has 1 aromatic heterocycles. The molecule has 174 valence electrons. The highest BCUT2D eigenvalue weighted by atomic mass is 16.4. The zero-order valence-corrected chi connectivity index (χ0v) is 19.7. The number of piperidine rings is 2. The Morgan fingerprint density at radius 2 is 1.81 bits per heavy atom. The Hall–Kier alpha value is -2.18. The summed E-state index contributed by atoms with van der Waals surface area (Å²) in [6.07, 6.45) is 6.91. The monoisotopic (exact) mass is 438 g/mol. The molecule has 3 heterocycles. The Morgan fingerprint density at radius 1 is 1.06 bits per heavy atom. The number of nitrogens with one attached hydrogen (secondary N) is 1. The van der Waals surface area contributed by atoms with Gasteiger partial charge in [0.2, 0.25) is 11.8 Å². The standard InChI is InChI=1S/C26H38N4O2/c1-20-9-4-5-10-23(20)26-28-24(21(2)32-26)19-30-17-11-22(12-18-30)25(31)27-13-8-16-29-14-6-3-7-15-29/h4-5,9-10,22H,3,6-8,11-19H2,1-2H3,(H,27,31). The van der Waals surface area contributed by atoms with Crippen LogP contribution in [0.1, 0.15) is 55.5 Å². The molecule has 0 bridgehead atoms. The van der Waals surface area contributed by atoms with Crippen LogP contribution in [0.4, 0.5) is 0 Å². The van der Waals surface area contributed by atoms with Crippen molar-refractivity contribution in [3.05, 3.63) is 41.3 Å². The van der Waals surface area contributed by atoms with E-state index in [0.717, 1.165) is 69.0 Å². The smallest absolute Gasteiger partial charge is 0.226 e. The van der Waals surface area contributed by atoms with Gasteiger partial charge >= 0.3 is 0 Å². The third-order valence-corrected chi connectivity index (χ3v) is 7.00. The lowest BCUT2D eigenvalue weighted by molar-refractivity contribution is -0.126. The van der Waals surface area contributed by atoms with Crippen LogP contribution in [0.25, 0.3) is 11.5 Å². The van der Waals surface area contributed by atoms with Crippen LogP contribution in [0.3, 0.4) is 0 Å². The number of aryl methyl sites for hydroxylation is 2. The molecule has 4 rings (SSSR count). The third kappa shape index (κ3) is 5.99. The fourth-order valence-corrected chi connectivity index (χ4v) is 4.91. The molecule has 2 saturated heterocycles. The van der Waals surface area contributed by atoms with Crippen molar-refractivity contribution >= 4 is 5.91 Å². The van der Waals surface area contributed by atoms with Gasteiger partial charge in [-0.15, -0.1) is 0 Å². The van der Waals surface area contributed by atoms with Crippen LogP contribution in [0.15, 0.2) is 28.7 Å². The minimum absolute atomic E-state index is 0.141. The minimum atomic E-state index is 0.141. The maximum Gasteiger partial charge on any atom is 0.226 e. The summed E-state index contributed by atoms with van der Waals surface area (Å²) in [6.45, 7) is 11.1. The Morgan fingerprint density at radius 3 is 2.56 bits per heavy atom. The van der Waals surface area contributed by atoms with E-state index in [2.05, 4.69) is 34.2 Å². The van der Waals surface area contributed by atoms with E-state index in [1.165, 1.54) is 37.9 Å². The molecular weight excluding hydrogens is 400 g/mol. The second-order valence-corrected chi connectivity index (χ2v) is 9.43. The number of benzene rings is 1. The largest absolute Gasteiger partial charge is 0.441 e. The molecule has 2 aromatic rings. The molecule has 0 spiro atoms. The first-order valence-electron chi connectivity index (χ1n) is 12.3. The van der Waals surface area contributed by atoms with Gasteiger partial charge in [0.1, 0.15) is 5.76 Å². The fourth-order valence-electron chi connectivity index (χ4n) is 4.91. The number of aromatic nitrogens is 1. The number of oxazole rings is 1. The third-order valence-electron chi connectivity index (χ3n) is 7.00. The number of hydrogen-bond acceptors (Lipinski definition) is 5. The van der Waals surface area contributed by atoms with E-state index in [0.29, 0.717) is 5.89 Å². The second-order valence-electron chi connectivity index (χ2n) is 9.43. The van der Waals surface area contributed by atoms with Gasteiger partial charge in [0.15, 0.2) is 0 Å². The van der Waals surface area contributed by atoms with Gasteiger partial charge in [-0.25, -0.2) is 4.98 Å². The van der Waals surface area contributed by atoms with Gasteiger partial charge in [-0.05, 0) is 90.3 Å². The molecular formula is C26H38N4O2. The number of carbonyl (C=O) groups is 1. The SMILES string of the molecule is Cc1ccccc1-c1nc(CN2CCC(C(=O)NCCCN3CCCCC3)CC2)c(C)o1. The number of amides is 1. The van der Waals surface area contributed by atoms with Gasteiger partial charge in [-0.3, -0.25) is 9.69 Å². The summed E-state index contributed by atoms with van der Waals surface area (Å²) in [7, 11) is 0. The Bertz CT molecular complexity index is 880. The van der Waals surface area contributed by atoms with Crippen molar-refractivity contribution in [2.75, 3.05) is 39.3 Å². The topological polar surface area (TPSA) is 61.6 Å². The molecule has 1 aromatic carbocycles. The molecule has 2 aliphatic heterocycles. The molecule has 1 N–H and O–H groups in total. The van der Waals surface area contributed by atoms with Crippen molar-refractivity contribution in [2.45, 2.75) is 58.9 Å². The van der Waals surface area contributed by atoms with Crippen molar-refractivity contribution in [1.29, 1.82) is 0 Å². The Balaban J connectivity index is 1.19. The summed E-state index contributed by atoms with van der Waals surface area (Å²) < 4.78 is 5.98. The van der Waals surface area contributed by atoms with Crippen LogP contribution in [0, 0.1) is 19.8 Å². The van der Waals surface area contributed by atoms with Crippen LogP contribution < -0.4 is 5.32 Å². The van der Waals surface area contributed by atoms with Gasteiger partial charge in [0.25, 0.3) is 0 Å². The molecule has 2 fully saturated rings. The fraction of sp³-hybridized carbons (Fsp3) is 0.615. The van der Waals surface area contributed by atoms with Crippen molar-refractivity contribution in [3.63, 3.8) is 0 Å². The van der Waals surface area contributed by atoms with Crippen LogP contribution in [-0.2, 0) is 11.3 Å². The lowest BCUT2D eigenvalue weighted by Gasteiger charge is -2.31. The highest BCUT2D eigenvalue weighted by molar-refractivity contribution is 5.78. The second kappa shape index (κ2) is 11.1. The first-order valence-corrected chi connectivity index (χ1v) is 12.3. The Kier molecular flexibility index (Phi) is 7.98. The highest BCUT2D eigenvalue weighted by Crippen LogP contribution is 2.26. The first kappa shape index (κ1) is 23.0. The number of hydrogen-bond donors (Lipinski definition) is 1. The van der Waals surface area contributed by atoms with Crippen molar-refractivity contribution in [1.82, 2.24) is 20.1 Å². The van der Waals surface area contributed by atoms with Crippen molar-refractivity contribution < 1.29 is 9.21 Å².